The number of fused-ring (bicyclic) bond motifs is 1. The molecule has 96 valence electrons. The van der Waals surface area contributed by atoms with E-state index in [1.54, 1.807) is 17.3 Å². The van der Waals surface area contributed by atoms with E-state index < -0.39 is 0 Å². The van der Waals surface area contributed by atoms with E-state index in [9.17, 15) is 4.79 Å². The highest BCUT2D eigenvalue weighted by Gasteiger charge is 2.30. The van der Waals surface area contributed by atoms with Crippen molar-refractivity contribution in [2.45, 2.75) is 6.92 Å². The van der Waals surface area contributed by atoms with Gasteiger partial charge in [0.15, 0.2) is 0 Å². The van der Waals surface area contributed by atoms with Gasteiger partial charge in [0.1, 0.15) is 4.32 Å². The molecule has 0 aliphatic carbocycles. The molecular formula is C13H11N3OS2. The second-order valence-electron chi connectivity index (χ2n) is 4.09. The molecule has 1 aliphatic rings. The summed E-state index contributed by atoms with van der Waals surface area (Å²) in [5.74, 6) is -0.0130. The van der Waals surface area contributed by atoms with Crippen molar-refractivity contribution >= 4 is 51.2 Å². The van der Waals surface area contributed by atoms with Crippen LogP contribution in [0, 0.1) is 0 Å². The molecule has 2 aromatic rings. The van der Waals surface area contributed by atoms with E-state index >= 15 is 0 Å². The van der Waals surface area contributed by atoms with Gasteiger partial charge in [-0.15, -0.1) is 0 Å². The number of rotatable bonds is 2. The number of nitrogens with zero attached hydrogens (tertiary/aromatic N) is 2. The molecule has 0 bridgehead atoms. The van der Waals surface area contributed by atoms with E-state index in [0.717, 1.165) is 16.5 Å². The number of carbonyl (C=O) groups is 1. The average Bonchev–Trinajstić information content (AvgIpc) is 2.93. The van der Waals surface area contributed by atoms with Gasteiger partial charge in [-0.25, -0.2) is 0 Å². The van der Waals surface area contributed by atoms with Gasteiger partial charge in [0, 0.05) is 29.9 Å². The lowest BCUT2D eigenvalue weighted by Gasteiger charge is -2.09. The summed E-state index contributed by atoms with van der Waals surface area (Å²) in [7, 11) is 0. The molecule has 0 unspecified atom stereocenters. The maximum Gasteiger partial charge on any atom is 0.266 e. The number of aromatic nitrogens is 2. The van der Waals surface area contributed by atoms with E-state index in [0.29, 0.717) is 15.8 Å². The molecule has 1 amide bonds. The highest BCUT2D eigenvalue weighted by atomic mass is 32.2. The lowest BCUT2D eigenvalue weighted by molar-refractivity contribution is -0.121. The summed E-state index contributed by atoms with van der Waals surface area (Å²) in [6.45, 7) is 2.53. The van der Waals surface area contributed by atoms with Crippen molar-refractivity contribution in [1.82, 2.24) is 14.9 Å². The number of aromatic amines is 1. The van der Waals surface area contributed by atoms with Crippen molar-refractivity contribution in [2.75, 3.05) is 6.54 Å². The summed E-state index contributed by atoms with van der Waals surface area (Å²) < 4.78 is 0.625. The molecule has 2 aromatic heterocycles. The van der Waals surface area contributed by atoms with Gasteiger partial charge in [0.25, 0.3) is 5.91 Å². The number of thioether (sulfide) groups is 1. The fourth-order valence-electron chi connectivity index (χ4n) is 2.03. The summed E-state index contributed by atoms with van der Waals surface area (Å²) in [6, 6.07) is 1.93. The average molecular weight is 289 g/mol. The predicted octanol–water partition coefficient (Wildman–Crippen LogP) is 2.78. The fraction of sp³-hybridized carbons (Fsp3) is 0.154. The first-order valence-corrected chi connectivity index (χ1v) is 7.09. The third-order valence-electron chi connectivity index (χ3n) is 2.99. The Labute approximate surface area is 119 Å². The Hall–Kier alpha value is -1.66. The van der Waals surface area contributed by atoms with Crippen LogP contribution in [0.5, 0.6) is 0 Å². The summed E-state index contributed by atoms with van der Waals surface area (Å²) >= 11 is 6.55. The fourth-order valence-corrected chi connectivity index (χ4v) is 3.40. The van der Waals surface area contributed by atoms with Crippen LogP contribution in [0.15, 0.2) is 29.6 Å². The van der Waals surface area contributed by atoms with Gasteiger partial charge in [-0.1, -0.05) is 24.0 Å². The Morgan fingerprint density at radius 3 is 3.16 bits per heavy atom. The highest BCUT2D eigenvalue weighted by molar-refractivity contribution is 8.26. The second-order valence-corrected chi connectivity index (χ2v) is 5.77. The molecule has 19 heavy (non-hydrogen) atoms. The highest BCUT2D eigenvalue weighted by Crippen LogP contribution is 2.33. The molecule has 0 saturated carbocycles. The molecule has 6 heteroatoms. The van der Waals surface area contributed by atoms with Crippen LogP contribution in [0.1, 0.15) is 12.5 Å². The monoisotopic (exact) mass is 289 g/mol. The second kappa shape index (κ2) is 4.79. The van der Waals surface area contributed by atoms with Crippen LogP contribution >= 0.6 is 24.0 Å². The summed E-state index contributed by atoms with van der Waals surface area (Å²) in [5, 5.41) is 1.05. The number of hydrogen-bond donors (Lipinski definition) is 1. The van der Waals surface area contributed by atoms with Gasteiger partial charge in [0.05, 0.1) is 16.6 Å². The van der Waals surface area contributed by atoms with Gasteiger partial charge in [0.2, 0.25) is 0 Å². The number of pyridine rings is 1. The number of nitrogens with one attached hydrogen (secondary N) is 1. The van der Waals surface area contributed by atoms with Crippen molar-refractivity contribution in [3.63, 3.8) is 0 Å². The predicted molar refractivity (Wildman–Crippen MR) is 81.6 cm³/mol. The van der Waals surface area contributed by atoms with Crippen LogP contribution in [-0.4, -0.2) is 31.6 Å². The molecule has 0 radical (unpaired) electrons. The van der Waals surface area contributed by atoms with Crippen molar-refractivity contribution in [3.05, 3.63) is 35.1 Å². The number of hydrogen-bond acceptors (Lipinski definition) is 4. The SMILES string of the molecule is CCN1C(=O)C(=Cc2c[nH]c3cnccc23)SC1=S. The van der Waals surface area contributed by atoms with E-state index in [-0.39, 0.29) is 5.91 Å². The van der Waals surface area contributed by atoms with Crippen molar-refractivity contribution in [3.8, 4) is 0 Å². The molecule has 1 fully saturated rings. The van der Waals surface area contributed by atoms with Gasteiger partial charge in [-0.3, -0.25) is 14.7 Å². The number of carbonyl (C=O) groups excluding carboxylic acids is 1. The van der Waals surface area contributed by atoms with Crippen molar-refractivity contribution < 1.29 is 4.79 Å². The molecular weight excluding hydrogens is 278 g/mol. The maximum atomic E-state index is 12.1. The minimum atomic E-state index is -0.0130. The van der Waals surface area contributed by atoms with E-state index in [1.165, 1.54) is 11.8 Å². The lowest BCUT2D eigenvalue weighted by atomic mass is 10.2. The third-order valence-corrected chi connectivity index (χ3v) is 4.37. The molecule has 3 heterocycles. The standard InChI is InChI=1S/C13H11N3OS2/c1-2-16-12(17)11(19-13(16)18)5-8-6-15-10-7-14-4-3-9(8)10/h3-7,15H,2H2,1H3. The smallest absolute Gasteiger partial charge is 0.266 e. The Kier molecular flexibility index (Phi) is 3.12. The molecule has 3 rings (SSSR count). The molecule has 0 aromatic carbocycles. The number of thiocarbonyl (C=S) groups is 1. The van der Waals surface area contributed by atoms with Gasteiger partial charge >= 0.3 is 0 Å². The summed E-state index contributed by atoms with van der Waals surface area (Å²) in [4.78, 5) is 21.6. The molecule has 1 N–H and O–H groups in total. The van der Waals surface area contributed by atoms with Crippen LogP contribution in [0.2, 0.25) is 0 Å². The first kappa shape index (κ1) is 12.4. The number of H-pyrrole nitrogens is 1. The van der Waals surface area contributed by atoms with E-state index in [1.807, 2.05) is 25.3 Å². The molecule has 0 spiro atoms. The normalized spacial score (nSPS) is 17.9. The maximum absolute atomic E-state index is 12.1. The van der Waals surface area contributed by atoms with Gasteiger partial charge in [-0.05, 0) is 19.1 Å². The Morgan fingerprint density at radius 2 is 2.42 bits per heavy atom. The molecule has 0 atom stereocenters. The van der Waals surface area contributed by atoms with Crippen molar-refractivity contribution in [2.24, 2.45) is 0 Å². The third kappa shape index (κ3) is 2.06. The molecule has 1 saturated heterocycles. The summed E-state index contributed by atoms with van der Waals surface area (Å²) in [5.41, 5.74) is 1.94. The van der Waals surface area contributed by atoms with Crippen LogP contribution in [0.4, 0.5) is 0 Å². The summed E-state index contributed by atoms with van der Waals surface area (Å²) in [6.07, 6.45) is 7.27. The van der Waals surface area contributed by atoms with Crippen LogP contribution < -0.4 is 0 Å². The minimum Gasteiger partial charge on any atom is -0.359 e. The Balaban J connectivity index is 2.03. The largest absolute Gasteiger partial charge is 0.359 e. The van der Waals surface area contributed by atoms with Crippen molar-refractivity contribution in [1.29, 1.82) is 0 Å². The Morgan fingerprint density at radius 1 is 1.58 bits per heavy atom. The molecule has 1 aliphatic heterocycles. The number of likely N-dealkylation sites (N-methyl/N-ethyl adjacent to an activating group) is 1. The zero-order valence-electron chi connectivity index (χ0n) is 10.2. The van der Waals surface area contributed by atoms with Gasteiger partial charge < -0.3 is 4.98 Å². The van der Waals surface area contributed by atoms with Gasteiger partial charge in [-0.2, -0.15) is 0 Å². The van der Waals surface area contributed by atoms with E-state index in [4.69, 9.17) is 12.2 Å². The zero-order chi connectivity index (χ0) is 13.4. The zero-order valence-corrected chi connectivity index (χ0v) is 11.8. The minimum absolute atomic E-state index is 0.0130. The van der Waals surface area contributed by atoms with Crippen LogP contribution in [-0.2, 0) is 4.79 Å². The molecule has 4 nitrogen and oxygen atoms in total. The topological polar surface area (TPSA) is 49.0 Å². The number of amides is 1. The van der Waals surface area contributed by atoms with Crippen LogP contribution in [0.3, 0.4) is 0 Å². The first-order chi connectivity index (χ1) is 9.20. The quantitative estimate of drug-likeness (QED) is 0.682. The van der Waals surface area contributed by atoms with E-state index in [2.05, 4.69) is 9.97 Å². The van der Waals surface area contributed by atoms with Crippen LogP contribution in [0.25, 0.3) is 17.0 Å². The lowest BCUT2D eigenvalue weighted by Crippen LogP contribution is -2.27. The first-order valence-electron chi connectivity index (χ1n) is 5.87. The Bertz CT molecular complexity index is 705.